The number of likely N-dealkylation sites (tertiary alicyclic amines) is 1. The van der Waals surface area contributed by atoms with Gasteiger partial charge in [-0.1, -0.05) is 15.9 Å². The number of aliphatic hydroxyl groups is 1. The van der Waals surface area contributed by atoms with Crippen LogP contribution in [0, 0.1) is 0 Å². The lowest BCUT2D eigenvalue weighted by Crippen LogP contribution is -2.41. The summed E-state index contributed by atoms with van der Waals surface area (Å²) >= 11 is 3.42. The van der Waals surface area contributed by atoms with Crippen LogP contribution in [0.3, 0.4) is 0 Å². The number of rotatable bonds is 3. The number of anilines is 1. The van der Waals surface area contributed by atoms with Crippen molar-refractivity contribution in [2.75, 3.05) is 18.4 Å². The second-order valence-electron chi connectivity index (χ2n) is 5.39. The Bertz CT molecular complexity index is 670. The quantitative estimate of drug-likeness (QED) is 0.890. The Labute approximate surface area is 131 Å². The highest BCUT2D eigenvalue weighted by atomic mass is 79.9. The molecule has 0 spiro atoms. The fourth-order valence-corrected chi connectivity index (χ4v) is 2.98. The Morgan fingerprint density at radius 3 is 3.10 bits per heavy atom. The van der Waals surface area contributed by atoms with Gasteiger partial charge in [-0.3, -0.25) is 9.69 Å². The van der Waals surface area contributed by atoms with Gasteiger partial charge in [0.1, 0.15) is 11.8 Å². The van der Waals surface area contributed by atoms with Crippen molar-refractivity contribution in [1.29, 1.82) is 0 Å². The second kappa shape index (κ2) is 5.79. The zero-order valence-electron chi connectivity index (χ0n) is 11.7. The number of carbonyl (C=O) groups excluding carboxylic acids is 1. The highest BCUT2D eigenvalue weighted by Gasteiger charge is 2.28. The first-order valence-electron chi connectivity index (χ1n) is 6.94. The van der Waals surface area contributed by atoms with Gasteiger partial charge in [-0.05, 0) is 31.5 Å². The SMILES string of the molecule is CC(C(=O)Nc1coc2ccc(Br)cc12)N1CC[C@H](O)C1. The van der Waals surface area contributed by atoms with Crippen molar-refractivity contribution in [3.8, 4) is 0 Å². The molecule has 2 atom stereocenters. The minimum atomic E-state index is -0.328. The number of benzene rings is 1. The predicted molar refractivity (Wildman–Crippen MR) is 84.2 cm³/mol. The lowest BCUT2D eigenvalue weighted by molar-refractivity contribution is -0.120. The number of aliphatic hydroxyl groups excluding tert-OH is 1. The van der Waals surface area contributed by atoms with E-state index in [9.17, 15) is 9.90 Å². The average Bonchev–Trinajstić information content (AvgIpc) is 3.05. The molecule has 6 heteroatoms. The number of β-amino-alcohol motifs (C(OH)–C–C–N with tert-alkyl or cyclic N) is 1. The maximum atomic E-state index is 12.3. The maximum Gasteiger partial charge on any atom is 0.241 e. The molecule has 112 valence electrons. The summed E-state index contributed by atoms with van der Waals surface area (Å²) in [4.78, 5) is 14.3. The summed E-state index contributed by atoms with van der Waals surface area (Å²) in [6.45, 7) is 3.14. The molecular weight excluding hydrogens is 336 g/mol. The molecule has 2 N–H and O–H groups in total. The van der Waals surface area contributed by atoms with Crippen LogP contribution in [0.25, 0.3) is 11.0 Å². The van der Waals surface area contributed by atoms with E-state index >= 15 is 0 Å². The minimum Gasteiger partial charge on any atom is -0.462 e. The largest absolute Gasteiger partial charge is 0.462 e. The Hall–Kier alpha value is -1.37. The summed E-state index contributed by atoms with van der Waals surface area (Å²) in [7, 11) is 0. The zero-order valence-corrected chi connectivity index (χ0v) is 13.3. The molecular formula is C15H17BrN2O3. The Balaban J connectivity index is 1.75. The van der Waals surface area contributed by atoms with Crippen LogP contribution in [0.1, 0.15) is 13.3 Å². The lowest BCUT2D eigenvalue weighted by atomic mass is 10.2. The maximum absolute atomic E-state index is 12.3. The molecule has 21 heavy (non-hydrogen) atoms. The van der Waals surface area contributed by atoms with E-state index in [0.717, 1.165) is 28.4 Å². The molecule has 5 nitrogen and oxygen atoms in total. The van der Waals surface area contributed by atoms with Crippen LogP contribution in [0.15, 0.2) is 33.4 Å². The third-order valence-electron chi connectivity index (χ3n) is 3.92. The fourth-order valence-electron chi connectivity index (χ4n) is 2.62. The first-order valence-corrected chi connectivity index (χ1v) is 7.73. The number of amides is 1. The number of nitrogens with one attached hydrogen (secondary N) is 1. The summed E-state index contributed by atoms with van der Waals surface area (Å²) in [5.41, 5.74) is 1.40. The average molecular weight is 353 g/mol. The normalized spacial score (nSPS) is 20.8. The summed E-state index contributed by atoms with van der Waals surface area (Å²) in [6.07, 6.45) is 1.95. The van der Waals surface area contributed by atoms with Crippen LogP contribution in [-0.2, 0) is 4.79 Å². The number of hydrogen-bond acceptors (Lipinski definition) is 4. The number of hydrogen-bond donors (Lipinski definition) is 2. The van der Waals surface area contributed by atoms with Gasteiger partial charge in [-0.15, -0.1) is 0 Å². The molecule has 1 unspecified atom stereocenters. The van der Waals surface area contributed by atoms with Gasteiger partial charge in [0, 0.05) is 22.9 Å². The molecule has 1 saturated heterocycles. The molecule has 3 rings (SSSR count). The summed E-state index contributed by atoms with van der Waals surface area (Å²) in [5.74, 6) is -0.0909. The Kier molecular flexibility index (Phi) is 4.01. The van der Waals surface area contributed by atoms with Crippen LogP contribution in [0.5, 0.6) is 0 Å². The molecule has 0 bridgehead atoms. The molecule has 0 radical (unpaired) electrons. The molecule has 1 aliphatic rings. The van der Waals surface area contributed by atoms with Crippen LogP contribution >= 0.6 is 15.9 Å². The monoisotopic (exact) mass is 352 g/mol. The molecule has 1 amide bonds. The molecule has 1 aromatic heterocycles. The van der Waals surface area contributed by atoms with E-state index in [0.29, 0.717) is 12.2 Å². The van der Waals surface area contributed by atoms with E-state index in [4.69, 9.17) is 4.42 Å². The van der Waals surface area contributed by atoms with Crippen LogP contribution < -0.4 is 5.32 Å². The first-order chi connectivity index (χ1) is 10.0. The molecule has 1 aromatic carbocycles. The van der Waals surface area contributed by atoms with Crippen LogP contribution in [0.4, 0.5) is 5.69 Å². The van der Waals surface area contributed by atoms with E-state index < -0.39 is 0 Å². The highest BCUT2D eigenvalue weighted by molar-refractivity contribution is 9.10. The van der Waals surface area contributed by atoms with Crippen molar-refractivity contribution in [3.63, 3.8) is 0 Å². The van der Waals surface area contributed by atoms with Gasteiger partial charge in [0.2, 0.25) is 5.91 Å². The third-order valence-corrected chi connectivity index (χ3v) is 4.41. The van der Waals surface area contributed by atoms with Crippen molar-refractivity contribution in [3.05, 3.63) is 28.9 Å². The Morgan fingerprint density at radius 1 is 1.57 bits per heavy atom. The molecule has 1 fully saturated rings. The number of furan rings is 1. The summed E-state index contributed by atoms with van der Waals surface area (Å²) in [6, 6.07) is 5.39. The van der Waals surface area contributed by atoms with E-state index in [-0.39, 0.29) is 18.1 Å². The Morgan fingerprint density at radius 2 is 2.38 bits per heavy atom. The standard InChI is InChI=1S/C15H17BrN2O3/c1-9(18-5-4-11(19)7-18)15(20)17-13-8-21-14-3-2-10(16)6-12(13)14/h2-3,6,8-9,11,19H,4-5,7H2,1H3,(H,17,20)/t9?,11-/m0/s1. The van der Waals surface area contributed by atoms with Crippen molar-refractivity contribution in [2.45, 2.75) is 25.5 Å². The van der Waals surface area contributed by atoms with Gasteiger partial charge < -0.3 is 14.8 Å². The molecule has 1 aliphatic heterocycles. The molecule has 2 aromatic rings. The van der Waals surface area contributed by atoms with Crippen molar-refractivity contribution >= 4 is 38.5 Å². The van der Waals surface area contributed by atoms with Crippen molar-refractivity contribution in [2.24, 2.45) is 0 Å². The van der Waals surface area contributed by atoms with Gasteiger partial charge in [0.15, 0.2) is 0 Å². The van der Waals surface area contributed by atoms with E-state index in [1.807, 2.05) is 30.0 Å². The fraction of sp³-hybridized carbons (Fsp3) is 0.400. The minimum absolute atomic E-state index is 0.0909. The molecule has 0 aliphatic carbocycles. The van der Waals surface area contributed by atoms with Gasteiger partial charge >= 0.3 is 0 Å². The van der Waals surface area contributed by atoms with Crippen molar-refractivity contribution < 1.29 is 14.3 Å². The van der Waals surface area contributed by atoms with E-state index in [1.54, 1.807) is 6.26 Å². The third kappa shape index (κ3) is 2.97. The first kappa shape index (κ1) is 14.6. The van der Waals surface area contributed by atoms with Gasteiger partial charge in [-0.25, -0.2) is 0 Å². The number of nitrogens with zero attached hydrogens (tertiary/aromatic N) is 1. The second-order valence-corrected chi connectivity index (χ2v) is 6.31. The smallest absolute Gasteiger partial charge is 0.241 e. The topological polar surface area (TPSA) is 65.7 Å². The summed E-state index contributed by atoms with van der Waals surface area (Å²) in [5, 5.41) is 13.3. The lowest BCUT2D eigenvalue weighted by Gasteiger charge is -2.22. The van der Waals surface area contributed by atoms with Crippen LogP contribution in [0.2, 0.25) is 0 Å². The summed E-state index contributed by atoms with van der Waals surface area (Å²) < 4.78 is 6.37. The van der Waals surface area contributed by atoms with E-state index in [1.165, 1.54) is 0 Å². The van der Waals surface area contributed by atoms with Gasteiger partial charge in [-0.2, -0.15) is 0 Å². The number of halogens is 1. The van der Waals surface area contributed by atoms with Crippen LogP contribution in [-0.4, -0.2) is 41.1 Å². The zero-order chi connectivity index (χ0) is 15.0. The highest BCUT2D eigenvalue weighted by Crippen LogP contribution is 2.29. The number of fused-ring (bicyclic) bond motifs is 1. The van der Waals surface area contributed by atoms with Gasteiger partial charge in [0.05, 0.1) is 17.8 Å². The predicted octanol–water partition coefficient (Wildman–Crippen LogP) is 2.59. The number of carbonyl (C=O) groups is 1. The molecule has 0 saturated carbocycles. The van der Waals surface area contributed by atoms with Crippen molar-refractivity contribution in [1.82, 2.24) is 4.90 Å². The van der Waals surface area contributed by atoms with Gasteiger partial charge in [0.25, 0.3) is 0 Å². The van der Waals surface area contributed by atoms with E-state index in [2.05, 4.69) is 21.2 Å². The molecule has 2 heterocycles.